The van der Waals surface area contributed by atoms with Gasteiger partial charge in [-0.3, -0.25) is 4.98 Å². The lowest BCUT2D eigenvalue weighted by molar-refractivity contribution is 0.654. The van der Waals surface area contributed by atoms with Gasteiger partial charge in [0.25, 0.3) is 0 Å². The molecule has 0 spiro atoms. The molecule has 2 aliphatic rings. The highest BCUT2D eigenvalue weighted by molar-refractivity contribution is 6.20. The summed E-state index contributed by atoms with van der Waals surface area (Å²) in [5.74, 6) is 0.422. The van der Waals surface area contributed by atoms with E-state index in [9.17, 15) is 0 Å². The van der Waals surface area contributed by atoms with E-state index < -0.39 is 0 Å². The topological polar surface area (TPSA) is 53.1 Å². The van der Waals surface area contributed by atoms with Crippen molar-refractivity contribution in [2.75, 3.05) is 6.54 Å². The van der Waals surface area contributed by atoms with Crippen LogP contribution in [0.15, 0.2) is 41.6 Å². The van der Waals surface area contributed by atoms with Gasteiger partial charge in [0.1, 0.15) is 0 Å². The number of hydrogen-bond donors (Lipinski definition) is 2. The van der Waals surface area contributed by atoms with E-state index >= 15 is 0 Å². The van der Waals surface area contributed by atoms with Gasteiger partial charge in [-0.1, -0.05) is 6.08 Å². The molecule has 1 aliphatic heterocycles. The normalized spacial score (nSPS) is 20.2. The van der Waals surface area contributed by atoms with Gasteiger partial charge in [0.15, 0.2) is 0 Å². The zero-order valence-electron chi connectivity index (χ0n) is 12.1. The maximum Gasteiger partial charge on any atom is 0.0771 e. The van der Waals surface area contributed by atoms with Gasteiger partial charge in [0.05, 0.1) is 16.7 Å². The standard InChI is InChI=1S/C18H16N4/c1-3-11-5-7-15-16(17(11)22-20-10-1)13-6-8-14-12(18(13)21-15)4-2-9-19-14/h2,4-9,11,20-21H,1,3,10H2. The number of hydrazone groups is 1. The highest BCUT2D eigenvalue weighted by Crippen LogP contribution is 2.35. The summed E-state index contributed by atoms with van der Waals surface area (Å²) in [6.45, 7) is 0.957. The molecule has 1 unspecified atom stereocenters. The Morgan fingerprint density at radius 1 is 1.14 bits per heavy atom. The summed E-state index contributed by atoms with van der Waals surface area (Å²) >= 11 is 0. The van der Waals surface area contributed by atoms with Crippen molar-refractivity contribution in [2.45, 2.75) is 12.8 Å². The average Bonchev–Trinajstić information content (AvgIpc) is 2.78. The van der Waals surface area contributed by atoms with Crippen molar-refractivity contribution in [3.63, 3.8) is 0 Å². The SMILES string of the molecule is C1=CC2CCCNN=C2c2c1[nH]c1c2ccc2ncccc21. The molecule has 0 amide bonds. The van der Waals surface area contributed by atoms with Crippen molar-refractivity contribution >= 4 is 33.6 Å². The Morgan fingerprint density at radius 3 is 3.14 bits per heavy atom. The molecule has 2 N–H and O–H groups in total. The van der Waals surface area contributed by atoms with Crippen LogP contribution in [0.3, 0.4) is 0 Å². The van der Waals surface area contributed by atoms with Gasteiger partial charge in [-0.05, 0) is 43.2 Å². The maximum atomic E-state index is 4.67. The van der Waals surface area contributed by atoms with E-state index in [1.807, 2.05) is 12.3 Å². The molecule has 2 aromatic heterocycles. The van der Waals surface area contributed by atoms with Crippen LogP contribution in [0.25, 0.3) is 27.9 Å². The Kier molecular flexibility index (Phi) is 2.41. The number of rotatable bonds is 0. The second-order valence-corrected chi connectivity index (χ2v) is 5.98. The molecule has 5 rings (SSSR count). The zero-order chi connectivity index (χ0) is 14.5. The number of H-pyrrole nitrogens is 1. The summed E-state index contributed by atoms with van der Waals surface area (Å²) in [6, 6.07) is 8.39. The molecule has 0 saturated heterocycles. The molecule has 4 heteroatoms. The largest absolute Gasteiger partial charge is 0.354 e. The molecular formula is C18H16N4. The minimum atomic E-state index is 0.422. The lowest BCUT2D eigenvalue weighted by atomic mass is 9.87. The van der Waals surface area contributed by atoms with Crippen molar-refractivity contribution in [1.29, 1.82) is 0 Å². The van der Waals surface area contributed by atoms with Crippen LogP contribution >= 0.6 is 0 Å². The molecule has 0 saturated carbocycles. The van der Waals surface area contributed by atoms with Crippen LogP contribution in [0.1, 0.15) is 24.1 Å². The number of fused-ring (bicyclic) bond motifs is 7. The summed E-state index contributed by atoms with van der Waals surface area (Å²) in [7, 11) is 0. The average molecular weight is 288 g/mol. The first-order valence-corrected chi connectivity index (χ1v) is 7.80. The third-order valence-electron chi connectivity index (χ3n) is 4.69. The van der Waals surface area contributed by atoms with E-state index in [1.54, 1.807) is 0 Å². The first-order chi connectivity index (χ1) is 10.9. The molecule has 1 aliphatic carbocycles. The van der Waals surface area contributed by atoms with Crippen LogP contribution in [0.4, 0.5) is 0 Å². The predicted octanol–water partition coefficient (Wildman–Crippen LogP) is 3.45. The lowest BCUT2D eigenvalue weighted by Crippen LogP contribution is -2.18. The highest BCUT2D eigenvalue weighted by Gasteiger charge is 2.27. The first-order valence-electron chi connectivity index (χ1n) is 7.80. The van der Waals surface area contributed by atoms with Crippen LogP contribution in [-0.4, -0.2) is 22.2 Å². The predicted molar refractivity (Wildman–Crippen MR) is 89.9 cm³/mol. The molecule has 3 heterocycles. The number of allylic oxidation sites excluding steroid dienone is 1. The number of pyridine rings is 1. The van der Waals surface area contributed by atoms with Crippen molar-refractivity contribution in [2.24, 2.45) is 11.0 Å². The number of aromatic amines is 1. The maximum absolute atomic E-state index is 4.67. The Labute approximate surface area is 127 Å². The third-order valence-corrected chi connectivity index (χ3v) is 4.69. The van der Waals surface area contributed by atoms with Gasteiger partial charge in [0.2, 0.25) is 0 Å². The summed E-state index contributed by atoms with van der Waals surface area (Å²) in [5, 5.41) is 7.08. The molecule has 0 fully saturated rings. The van der Waals surface area contributed by atoms with Crippen molar-refractivity contribution < 1.29 is 0 Å². The third kappa shape index (κ3) is 1.58. The first kappa shape index (κ1) is 12.0. The Balaban J connectivity index is 1.86. The zero-order valence-corrected chi connectivity index (χ0v) is 12.1. The van der Waals surface area contributed by atoms with E-state index in [4.69, 9.17) is 0 Å². The van der Waals surface area contributed by atoms with Crippen LogP contribution < -0.4 is 5.43 Å². The number of nitrogens with one attached hydrogen (secondary N) is 2. The van der Waals surface area contributed by atoms with Gasteiger partial charge < -0.3 is 10.4 Å². The van der Waals surface area contributed by atoms with Crippen molar-refractivity contribution in [1.82, 2.24) is 15.4 Å². The molecule has 1 aromatic carbocycles. The minimum Gasteiger partial charge on any atom is -0.354 e. The molecule has 0 bridgehead atoms. The van der Waals surface area contributed by atoms with Crippen molar-refractivity contribution in [3.8, 4) is 0 Å². The highest BCUT2D eigenvalue weighted by atomic mass is 15.3. The van der Waals surface area contributed by atoms with E-state index in [0.717, 1.165) is 36.1 Å². The monoisotopic (exact) mass is 288 g/mol. The number of benzene rings is 1. The second-order valence-electron chi connectivity index (χ2n) is 5.98. The molecular weight excluding hydrogens is 272 g/mol. The fourth-order valence-electron chi connectivity index (χ4n) is 3.64. The quantitative estimate of drug-likeness (QED) is 0.665. The lowest BCUT2D eigenvalue weighted by Gasteiger charge is -2.17. The van der Waals surface area contributed by atoms with Gasteiger partial charge >= 0.3 is 0 Å². The number of nitrogens with zero attached hydrogens (tertiary/aromatic N) is 2. The van der Waals surface area contributed by atoms with Gasteiger partial charge in [-0.15, -0.1) is 0 Å². The minimum absolute atomic E-state index is 0.422. The fraction of sp³-hybridized carbons (Fsp3) is 0.222. The van der Waals surface area contributed by atoms with Crippen LogP contribution in [-0.2, 0) is 0 Å². The molecule has 4 nitrogen and oxygen atoms in total. The molecule has 1 atom stereocenters. The Hall–Kier alpha value is -2.62. The van der Waals surface area contributed by atoms with E-state index in [0.29, 0.717) is 5.92 Å². The second kappa shape index (κ2) is 4.44. The van der Waals surface area contributed by atoms with E-state index in [1.165, 1.54) is 22.0 Å². The van der Waals surface area contributed by atoms with Crippen LogP contribution in [0.5, 0.6) is 0 Å². The smallest absolute Gasteiger partial charge is 0.0771 e. The summed E-state index contributed by atoms with van der Waals surface area (Å²) in [4.78, 5) is 8.03. The Morgan fingerprint density at radius 2 is 2.14 bits per heavy atom. The van der Waals surface area contributed by atoms with E-state index in [2.05, 4.69) is 50.8 Å². The number of hydrogen-bond acceptors (Lipinski definition) is 3. The van der Waals surface area contributed by atoms with Crippen molar-refractivity contribution in [3.05, 3.63) is 47.8 Å². The summed E-state index contributed by atoms with van der Waals surface area (Å²) in [6.07, 6.45) is 8.65. The molecule has 3 aromatic rings. The summed E-state index contributed by atoms with van der Waals surface area (Å²) in [5.41, 5.74) is 8.97. The molecule has 22 heavy (non-hydrogen) atoms. The molecule has 0 radical (unpaired) electrons. The van der Waals surface area contributed by atoms with E-state index in [-0.39, 0.29) is 0 Å². The molecule has 108 valence electrons. The van der Waals surface area contributed by atoms with Gasteiger partial charge in [-0.25, -0.2) is 0 Å². The van der Waals surface area contributed by atoms with Gasteiger partial charge in [0, 0.05) is 40.7 Å². The summed E-state index contributed by atoms with van der Waals surface area (Å²) < 4.78 is 0. The number of aromatic nitrogens is 2. The Bertz CT molecular complexity index is 948. The van der Waals surface area contributed by atoms with Crippen LogP contribution in [0.2, 0.25) is 0 Å². The fourth-order valence-corrected chi connectivity index (χ4v) is 3.64. The van der Waals surface area contributed by atoms with Crippen LogP contribution in [0, 0.1) is 5.92 Å². The van der Waals surface area contributed by atoms with Gasteiger partial charge in [-0.2, -0.15) is 5.10 Å².